The third-order valence-corrected chi connectivity index (χ3v) is 16.5. The molecule has 13 rings (SSSR count). The molecule has 0 bridgehead atoms. The normalized spacial score (nSPS) is 14.1. The Morgan fingerprint density at radius 1 is 0.347 bits per heavy atom. The van der Waals surface area contributed by atoms with E-state index in [1.165, 1.54) is 99.8 Å². The number of fused-ring (bicyclic) bond motifs is 15. The molecule has 0 aliphatic heterocycles. The number of para-hydroxylation sites is 2. The van der Waals surface area contributed by atoms with Crippen LogP contribution in [0.4, 0.5) is 34.1 Å². The van der Waals surface area contributed by atoms with Gasteiger partial charge in [-0.05, 0) is 171 Å². The summed E-state index contributed by atoms with van der Waals surface area (Å²) in [5.41, 5.74) is 29.7. The number of anilines is 6. The van der Waals surface area contributed by atoms with Gasteiger partial charge in [-0.1, -0.05) is 147 Å². The van der Waals surface area contributed by atoms with Gasteiger partial charge in [-0.15, -0.1) is 0 Å². The SMILES string of the molecule is Cc1ccc(N(c2ccc(C)cc2C)c2cc3c(c4c2oc2ccccc24)-c2ccc4c(c2C3(C)C)C(C)(C)c2cc(N(c3ccc(C)cc3C)c3ccc(C)cc3C)c3oc5ccccc5c3c2-4)c(C)c1. The highest BCUT2D eigenvalue weighted by atomic mass is 16.3. The predicted octanol–water partition coefficient (Wildman–Crippen LogP) is 19.5. The fraction of sp³-hybridized carbons (Fsp3) is 0.206. The lowest BCUT2D eigenvalue weighted by molar-refractivity contribution is 0.601. The summed E-state index contributed by atoms with van der Waals surface area (Å²) in [6.45, 7) is 27.5. The van der Waals surface area contributed by atoms with Gasteiger partial charge in [0.2, 0.25) is 0 Å². The number of aryl methyl sites for hydroxylation is 8. The molecule has 72 heavy (non-hydrogen) atoms. The Labute approximate surface area is 423 Å². The second-order valence-corrected chi connectivity index (χ2v) is 22.2. The summed E-state index contributed by atoms with van der Waals surface area (Å²) in [5.74, 6) is 0. The first-order valence-electron chi connectivity index (χ1n) is 25.6. The molecule has 2 aliphatic rings. The number of hydrogen-bond donors (Lipinski definition) is 0. The van der Waals surface area contributed by atoms with E-state index in [2.05, 4.69) is 238 Å². The molecule has 9 aromatic carbocycles. The first-order chi connectivity index (χ1) is 34.5. The monoisotopic (exact) mass is 936 g/mol. The quantitative estimate of drug-likeness (QED) is 0.166. The van der Waals surface area contributed by atoms with Crippen molar-refractivity contribution in [1.29, 1.82) is 0 Å². The summed E-state index contributed by atoms with van der Waals surface area (Å²) in [6.07, 6.45) is 0. The zero-order valence-electron chi connectivity index (χ0n) is 43.6. The van der Waals surface area contributed by atoms with Crippen molar-refractivity contribution in [2.45, 2.75) is 93.9 Å². The Bertz CT molecular complexity index is 3780. The van der Waals surface area contributed by atoms with Crippen LogP contribution < -0.4 is 9.80 Å². The van der Waals surface area contributed by atoms with Crippen LogP contribution in [0.5, 0.6) is 0 Å². The number of furan rings is 2. The van der Waals surface area contributed by atoms with Crippen LogP contribution in [-0.2, 0) is 10.8 Å². The Morgan fingerprint density at radius 3 is 0.986 bits per heavy atom. The van der Waals surface area contributed by atoms with Crippen LogP contribution in [0, 0.1) is 55.4 Å². The number of benzene rings is 9. The summed E-state index contributed by atoms with van der Waals surface area (Å²) in [7, 11) is 0. The highest BCUT2D eigenvalue weighted by Gasteiger charge is 2.49. The van der Waals surface area contributed by atoms with Crippen molar-refractivity contribution in [3.8, 4) is 22.3 Å². The van der Waals surface area contributed by atoms with E-state index in [4.69, 9.17) is 8.83 Å². The average molecular weight is 937 g/mol. The molecule has 4 nitrogen and oxygen atoms in total. The number of hydrogen-bond acceptors (Lipinski definition) is 4. The summed E-state index contributed by atoms with van der Waals surface area (Å²) >= 11 is 0. The Balaban J connectivity index is 1.11. The van der Waals surface area contributed by atoms with Crippen LogP contribution in [0.15, 0.2) is 154 Å². The molecular weight excluding hydrogens is 877 g/mol. The van der Waals surface area contributed by atoms with E-state index in [-0.39, 0.29) is 0 Å². The summed E-state index contributed by atoms with van der Waals surface area (Å²) in [4.78, 5) is 4.94. The predicted molar refractivity (Wildman–Crippen MR) is 303 cm³/mol. The molecule has 0 amide bonds. The molecule has 0 spiro atoms. The van der Waals surface area contributed by atoms with Crippen LogP contribution in [-0.4, -0.2) is 0 Å². The van der Waals surface area contributed by atoms with Crippen molar-refractivity contribution in [1.82, 2.24) is 0 Å². The van der Waals surface area contributed by atoms with Gasteiger partial charge in [-0.25, -0.2) is 0 Å². The van der Waals surface area contributed by atoms with E-state index in [0.717, 1.165) is 67.2 Å². The van der Waals surface area contributed by atoms with E-state index < -0.39 is 10.8 Å². The van der Waals surface area contributed by atoms with E-state index in [0.29, 0.717) is 0 Å². The molecule has 2 aromatic heterocycles. The maximum absolute atomic E-state index is 7.19. The zero-order valence-corrected chi connectivity index (χ0v) is 43.6. The molecule has 0 saturated heterocycles. The third kappa shape index (κ3) is 6.11. The molecule has 354 valence electrons. The molecular formula is C68H60N2O2. The van der Waals surface area contributed by atoms with Crippen molar-refractivity contribution >= 4 is 78.0 Å². The third-order valence-electron chi connectivity index (χ3n) is 16.5. The Kier molecular flexibility index (Phi) is 9.41. The van der Waals surface area contributed by atoms with Crippen LogP contribution in [0.3, 0.4) is 0 Å². The molecule has 4 heteroatoms. The standard InChI is InChI=1S/C68H60N2O2/c1-37-21-27-51(41(5)31-37)69(52-28-22-38(2)32-42(52)6)55-35-49-59(61-45-17-13-15-19-57(45)71-65(55)61)47-25-26-48-60-50(68(11,12)64(48)63(47)67(49,9)10)36-56(66-62(60)46-18-14-16-20-58(46)72-66)70(53-29-23-39(3)33-43(53)7)54-30-24-40(4)34-44(54)8/h13-36H,1-12H3. The van der Waals surface area contributed by atoms with Gasteiger partial charge in [0.25, 0.3) is 0 Å². The van der Waals surface area contributed by atoms with E-state index in [1.54, 1.807) is 0 Å². The smallest absolute Gasteiger partial charge is 0.160 e. The van der Waals surface area contributed by atoms with Crippen LogP contribution in [0.1, 0.15) is 94.5 Å². The minimum atomic E-state index is -0.405. The van der Waals surface area contributed by atoms with Crippen molar-refractivity contribution in [2.24, 2.45) is 0 Å². The Hall–Kier alpha value is -7.82. The van der Waals surface area contributed by atoms with Gasteiger partial charge in [-0.2, -0.15) is 0 Å². The first-order valence-corrected chi connectivity index (χ1v) is 25.6. The van der Waals surface area contributed by atoms with Crippen LogP contribution >= 0.6 is 0 Å². The van der Waals surface area contributed by atoms with Gasteiger partial charge >= 0.3 is 0 Å². The second kappa shape index (κ2) is 15.3. The van der Waals surface area contributed by atoms with Gasteiger partial charge < -0.3 is 18.6 Å². The average Bonchev–Trinajstić information content (AvgIpc) is 4.04. The second-order valence-electron chi connectivity index (χ2n) is 22.2. The lowest BCUT2D eigenvalue weighted by Gasteiger charge is -2.33. The molecule has 0 fully saturated rings. The lowest BCUT2D eigenvalue weighted by Crippen LogP contribution is -2.24. The molecule has 0 saturated carbocycles. The molecule has 2 heterocycles. The molecule has 0 N–H and O–H groups in total. The lowest BCUT2D eigenvalue weighted by atomic mass is 9.72. The van der Waals surface area contributed by atoms with Crippen LogP contribution in [0.2, 0.25) is 0 Å². The summed E-state index contributed by atoms with van der Waals surface area (Å²) in [5, 5.41) is 4.60. The maximum Gasteiger partial charge on any atom is 0.160 e. The molecule has 0 atom stereocenters. The van der Waals surface area contributed by atoms with Crippen LogP contribution in [0.25, 0.3) is 66.1 Å². The van der Waals surface area contributed by atoms with E-state index in [9.17, 15) is 0 Å². The maximum atomic E-state index is 7.19. The Morgan fingerprint density at radius 2 is 0.667 bits per heavy atom. The zero-order chi connectivity index (χ0) is 49.9. The minimum absolute atomic E-state index is 0.405. The topological polar surface area (TPSA) is 32.8 Å². The molecule has 11 aromatic rings. The molecule has 0 radical (unpaired) electrons. The van der Waals surface area contributed by atoms with Gasteiger partial charge in [-0.3, -0.25) is 0 Å². The fourth-order valence-corrected chi connectivity index (χ4v) is 13.2. The highest BCUT2D eigenvalue weighted by molar-refractivity contribution is 6.22. The molecule has 0 unspecified atom stereocenters. The van der Waals surface area contributed by atoms with Gasteiger partial charge in [0.05, 0.1) is 11.4 Å². The molecule has 2 aliphatic carbocycles. The minimum Gasteiger partial charge on any atom is -0.454 e. The first kappa shape index (κ1) is 44.1. The summed E-state index contributed by atoms with van der Waals surface area (Å²) in [6, 6.07) is 54.4. The van der Waals surface area contributed by atoms with Gasteiger partial charge in [0, 0.05) is 55.1 Å². The highest BCUT2D eigenvalue weighted by Crippen LogP contribution is 2.64. The largest absolute Gasteiger partial charge is 0.454 e. The van der Waals surface area contributed by atoms with Gasteiger partial charge in [0.15, 0.2) is 11.2 Å². The van der Waals surface area contributed by atoms with Gasteiger partial charge in [0.1, 0.15) is 11.2 Å². The fourth-order valence-electron chi connectivity index (χ4n) is 13.2. The van der Waals surface area contributed by atoms with E-state index in [1.807, 2.05) is 0 Å². The summed E-state index contributed by atoms with van der Waals surface area (Å²) < 4.78 is 14.4. The van der Waals surface area contributed by atoms with Crippen molar-refractivity contribution in [3.05, 3.63) is 212 Å². The van der Waals surface area contributed by atoms with Crippen molar-refractivity contribution in [3.63, 3.8) is 0 Å². The van der Waals surface area contributed by atoms with Crippen molar-refractivity contribution in [2.75, 3.05) is 9.80 Å². The van der Waals surface area contributed by atoms with E-state index >= 15 is 0 Å². The van der Waals surface area contributed by atoms with Crippen molar-refractivity contribution < 1.29 is 8.83 Å². The number of rotatable bonds is 6. The number of nitrogens with zero attached hydrogens (tertiary/aromatic N) is 2.